The molecule has 2 rings (SSSR count). The lowest BCUT2D eigenvalue weighted by molar-refractivity contribution is 0.364. The quantitative estimate of drug-likeness (QED) is 0.767. The highest BCUT2D eigenvalue weighted by atomic mass is 15.1. The highest BCUT2D eigenvalue weighted by molar-refractivity contribution is 5.49. The highest BCUT2D eigenvalue weighted by Crippen LogP contribution is 2.24. The maximum atomic E-state index is 8.81. The van der Waals surface area contributed by atoms with Crippen LogP contribution in [0.4, 0.5) is 5.69 Å². The highest BCUT2D eigenvalue weighted by Gasteiger charge is 2.25. The first-order chi connectivity index (χ1) is 7.61. The lowest BCUT2D eigenvalue weighted by atomic mass is 9.91. The Hall–Kier alpha value is -1.60. The molecule has 1 aliphatic rings. The lowest BCUT2D eigenvalue weighted by Gasteiger charge is -2.37. The van der Waals surface area contributed by atoms with E-state index in [0.29, 0.717) is 5.56 Å². The first-order valence-corrected chi connectivity index (χ1v) is 5.50. The summed E-state index contributed by atoms with van der Waals surface area (Å²) in [4.78, 5) is 6.31. The van der Waals surface area contributed by atoms with Crippen LogP contribution in [0.25, 0.3) is 0 Å². The van der Waals surface area contributed by atoms with E-state index in [1.54, 1.807) is 12.4 Å². The number of hydrogen-bond acceptors (Lipinski definition) is 4. The number of nitrogens with zero attached hydrogens (tertiary/aromatic N) is 3. The van der Waals surface area contributed by atoms with Crippen LogP contribution in [0.5, 0.6) is 0 Å². The molecule has 1 aromatic rings. The van der Waals surface area contributed by atoms with Crippen LogP contribution < -0.4 is 10.6 Å². The molecule has 0 atom stereocenters. The van der Waals surface area contributed by atoms with E-state index in [1.807, 2.05) is 6.07 Å². The zero-order chi connectivity index (χ0) is 11.6. The lowest BCUT2D eigenvalue weighted by Crippen LogP contribution is -2.48. The van der Waals surface area contributed by atoms with Crippen molar-refractivity contribution >= 4 is 5.69 Å². The van der Waals surface area contributed by atoms with Crippen LogP contribution in [0.15, 0.2) is 18.5 Å². The molecule has 0 aromatic carbocycles. The van der Waals surface area contributed by atoms with Crippen LogP contribution in [-0.4, -0.2) is 23.6 Å². The molecule has 4 nitrogen and oxygen atoms in total. The van der Waals surface area contributed by atoms with Crippen molar-refractivity contribution in [2.45, 2.75) is 25.3 Å². The number of pyridine rings is 1. The number of hydrogen-bond donors (Lipinski definition) is 1. The Balaban J connectivity index is 2.11. The van der Waals surface area contributed by atoms with Crippen LogP contribution in [0.3, 0.4) is 0 Å². The third-order valence-corrected chi connectivity index (χ3v) is 3.12. The molecule has 0 amide bonds. The molecule has 1 fully saturated rings. The molecule has 0 bridgehead atoms. The van der Waals surface area contributed by atoms with Crippen molar-refractivity contribution in [1.29, 1.82) is 5.26 Å². The van der Waals surface area contributed by atoms with Gasteiger partial charge in [-0.05, 0) is 25.8 Å². The Labute approximate surface area is 95.7 Å². The van der Waals surface area contributed by atoms with Gasteiger partial charge in [0.2, 0.25) is 0 Å². The van der Waals surface area contributed by atoms with Gasteiger partial charge < -0.3 is 10.6 Å². The van der Waals surface area contributed by atoms with Crippen molar-refractivity contribution in [3.63, 3.8) is 0 Å². The monoisotopic (exact) mass is 216 g/mol. The third kappa shape index (κ3) is 2.31. The molecule has 1 aliphatic heterocycles. The summed E-state index contributed by atoms with van der Waals surface area (Å²) in [5, 5.41) is 8.81. The van der Waals surface area contributed by atoms with Gasteiger partial charge in [0.15, 0.2) is 0 Å². The summed E-state index contributed by atoms with van der Waals surface area (Å²) in [7, 11) is 0. The fourth-order valence-corrected chi connectivity index (χ4v) is 1.94. The molecule has 1 saturated heterocycles. The van der Waals surface area contributed by atoms with E-state index < -0.39 is 0 Å². The number of rotatable bonds is 1. The minimum Gasteiger partial charge on any atom is -0.370 e. The molecule has 0 radical (unpaired) electrons. The second-order valence-electron chi connectivity index (χ2n) is 4.68. The molecule has 2 heterocycles. The van der Waals surface area contributed by atoms with Crippen molar-refractivity contribution < 1.29 is 0 Å². The predicted octanol–water partition coefficient (Wildman–Crippen LogP) is 1.27. The van der Waals surface area contributed by atoms with Gasteiger partial charge in [-0.3, -0.25) is 4.98 Å². The van der Waals surface area contributed by atoms with Crippen LogP contribution in [0.1, 0.15) is 25.3 Å². The van der Waals surface area contributed by atoms with Crippen LogP contribution in [0, 0.1) is 11.3 Å². The molecule has 1 aromatic heterocycles. The van der Waals surface area contributed by atoms with Gasteiger partial charge in [0.1, 0.15) is 6.07 Å². The molecule has 16 heavy (non-hydrogen) atoms. The molecule has 0 unspecified atom stereocenters. The molecule has 0 spiro atoms. The van der Waals surface area contributed by atoms with Gasteiger partial charge in [0, 0.05) is 24.8 Å². The fraction of sp³-hybridized carbons (Fsp3) is 0.500. The van der Waals surface area contributed by atoms with E-state index >= 15 is 0 Å². The number of aromatic nitrogens is 1. The predicted molar refractivity (Wildman–Crippen MR) is 63.0 cm³/mol. The van der Waals surface area contributed by atoms with Gasteiger partial charge >= 0.3 is 0 Å². The zero-order valence-electron chi connectivity index (χ0n) is 9.48. The van der Waals surface area contributed by atoms with Crippen molar-refractivity contribution in [3.8, 4) is 6.07 Å². The molecule has 0 saturated carbocycles. The molecular formula is C12H16N4. The number of nitriles is 1. The van der Waals surface area contributed by atoms with Gasteiger partial charge in [-0.1, -0.05) is 0 Å². The van der Waals surface area contributed by atoms with E-state index in [9.17, 15) is 0 Å². The van der Waals surface area contributed by atoms with Crippen LogP contribution in [0.2, 0.25) is 0 Å². The summed E-state index contributed by atoms with van der Waals surface area (Å²) >= 11 is 0. The van der Waals surface area contributed by atoms with Gasteiger partial charge in [-0.25, -0.2) is 0 Å². The second kappa shape index (κ2) is 4.11. The molecule has 2 N–H and O–H groups in total. The average molecular weight is 216 g/mol. The van der Waals surface area contributed by atoms with E-state index in [4.69, 9.17) is 11.0 Å². The maximum Gasteiger partial charge on any atom is 0.101 e. The van der Waals surface area contributed by atoms with Gasteiger partial charge in [-0.2, -0.15) is 5.26 Å². The number of nitrogens with two attached hydrogens (primary N) is 1. The normalized spacial score (nSPS) is 19.2. The van der Waals surface area contributed by atoms with E-state index in [0.717, 1.165) is 31.6 Å². The van der Waals surface area contributed by atoms with Crippen molar-refractivity contribution in [1.82, 2.24) is 4.98 Å². The largest absolute Gasteiger partial charge is 0.370 e. The minimum absolute atomic E-state index is 0.0449. The summed E-state index contributed by atoms with van der Waals surface area (Å²) < 4.78 is 0. The Morgan fingerprint density at radius 3 is 2.75 bits per heavy atom. The summed E-state index contributed by atoms with van der Waals surface area (Å²) in [5.41, 5.74) is 7.67. The summed E-state index contributed by atoms with van der Waals surface area (Å²) in [6, 6.07) is 3.99. The zero-order valence-corrected chi connectivity index (χ0v) is 9.48. The first-order valence-electron chi connectivity index (χ1n) is 5.50. The molecule has 0 aliphatic carbocycles. The topological polar surface area (TPSA) is 65.9 Å². The summed E-state index contributed by atoms with van der Waals surface area (Å²) in [6.45, 7) is 3.96. The van der Waals surface area contributed by atoms with Crippen molar-refractivity contribution in [2.75, 3.05) is 18.0 Å². The summed E-state index contributed by atoms with van der Waals surface area (Å²) in [5.74, 6) is 0. The Morgan fingerprint density at radius 1 is 1.44 bits per heavy atom. The van der Waals surface area contributed by atoms with Crippen molar-refractivity contribution in [2.24, 2.45) is 5.73 Å². The SMILES string of the molecule is CC1(N)CCN(c2cncc(C#N)c2)CC1. The standard InChI is InChI=1S/C12H16N4/c1-12(14)2-4-16(5-3-12)11-6-10(7-13)8-15-9-11/h6,8-9H,2-5,14H2,1H3. The maximum absolute atomic E-state index is 8.81. The first kappa shape index (κ1) is 10.9. The molecule has 84 valence electrons. The van der Waals surface area contributed by atoms with E-state index in [1.165, 1.54) is 0 Å². The van der Waals surface area contributed by atoms with Crippen LogP contribution in [-0.2, 0) is 0 Å². The van der Waals surface area contributed by atoms with Crippen molar-refractivity contribution in [3.05, 3.63) is 24.0 Å². The van der Waals surface area contributed by atoms with Gasteiger partial charge in [0.05, 0.1) is 17.4 Å². The minimum atomic E-state index is -0.0449. The number of anilines is 1. The van der Waals surface area contributed by atoms with Gasteiger partial charge in [0.25, 0.3) is 0 Å². The fourth-order valence-electron chi connectivity index (χ4n) is 1.94. The van der Waals surface area contributed by atoms with Gasteiger partial charge in [-0.15, -0.1) is 0 Å². The average Bonchev–Trinajstić information content (AvgIpc) is 2.29. The molecular weight excluding hydrogens is 200 g/mol. The Kier molecular flexibility index (Phi) is 2.80. The molecule has 4 heteroatoms. The Morgan fingerprint density at radius 2 is 2.12 bits per heavy atom. The van der Waals surface area contributed by atoms with Crippen LogP contribution >= 0.6 is 0 Å². The Bertz CT molecular complexity index is 409. The van der Waals surface area contributed by atoms with E-state index in [2.05, 4.69) is 22.9 Å². The van der Waals surface area contributed by atoms with E-state index in [-0.39, 0.29) is 5.54 Å². The summed E-state index contributed by atoms with van der Waals surface area (Å²) in [6.07, 6.45) is 5.34. The third-order valence-electron chi connectivity index (χ3n) is 3.12. The number of piperidine rings is 1. The second-order valence-corrected chi connectivity index (χ2v) is 4.68. The smallest absolute Gasteiger partial charge is 0.101 e.